The maximum Gasteiger partial charge on any atom is 0.419 e. The fourth-order valence-electron chi connectivity index (χ4n) is 6.33. The van der Waals surface area contributed by atoms with Gasteiger partial charge in [-0.3, -0.25) is 25.0 Å². The Morgan fingerprint density at radius 3 is 2.38 bits per heavy atom. The molecular weight excluding hydrogens is 370 g/mol. The summed E-state index contributed by atoms with van der Waals surface area (Å²) in [6.45, 7) is 0.395. The van der Waals surface area contributed by atoms with Crippen LogP contribution in [-0.2, 0) is 16.1 Å². The summed E-state index contributed by atoms with van der Waals surface area (Å²) >= 11 is 0. The Morgan fingerprint density at radius 2 is 1.69 bits per heavy atom. The quantitative estimate of drug-likeness (QED) is 0.759. The summed E-state index contributed by atoms with van der Waals surface area (Å²) in [4.78, 5) is 37.1. The number of carbonyl (C=O) groups is 2. The number of carbonyl (C=O) groups excluding carboxylic acids is 2. The van der Waals surface area contributed by atoms with Crippen molar-refractivity contribution in [3.8, 4) is 0 Å². The van der Waals surface area contributed by atoms with Crippen molar-refractivity contribution >= 4 is 22.9 Å². The van der Waals surface area contributed by atoms with E-state index in [-0.39, 0.29) is 23.7 Å². The van der Waals surface area contributed by atoms with Crippen LogP contribution in [0.3, 0.4) is 0 Å². The highest BCUT2D eigenvalue weighted by Gasteiger charge is 2.54. The van der Waals surface area contributed by atoms with Gasteiger partial charge in [-0.05, 0) is 74.8 Å². The van der Waals surface area contributed by atoms with Crippen LogP contribution >= 0.6 is 0 Å². The molecule has 4 bridgehead atoms. The van der Waals surface area contributed by atoms with Crippen molar-refractivity contribution in [2.24, 2.45) is 23.2 Å². The predicted octanol–water partition coefficient (Wildman–Crippen LogP) is 2.74. The van der Waals surface area contributed by atoms with Gasteiger partial charge in [0.2, 0.25) is 11.8 Å². The molecule has 4 saturated carbocycles. The molecule has 4 aliphatic carbocycles. The number of aryl methyl sites for hydroxylation is 1. The van der Waals surface area contributed by atoms with Gasteiger partial charge in [0.1, 0.15) is 0 Å². The maximum atomic E-state index is 12.9. The summed E-state index contributed by atoms with van der Waals surface area (Å²) in [6, 6.07) is 7.24. The topological polar surface area (TPSA) is 93.3 Å². The lowest BCUT2D eigenvalue weighted by Gasteiger charge is -2.55. The lowest BCUT2D eigenvalue weighted by Crippen LogP contribution is -2.56. The van der Waals surface area contributed by atoms with Crippen LogP contribution in [0.4, 0.5) is 0 Å². The van der Waals surface area contributed by atoms with Gasteiger partial charge >= 0.3 is 5.76 Å². The van der Waals surface area contributed by atoms with Crippen LogP contribution in [-0.4, -0.2) is 16.4 Å². The lowest BCUT2D eigenvalue weighted by molar-refractivity contribution is -0.148. The Balaban J connectivity index is 1.12. The van der Waals surface area contributed by atoms with Crippen molar-refractivity contribution < 1.29 is 14.0 Å². The molecular formula is C22H27N3O4. The molecule has 0 unspecified atom stereocenters. The van der Waals surface area contributed by atoms with Crippen molar-refractivity contribution in [2.75, 3.05) is 0 Å². The van der Waals surface area contributed by atoms with E-state index in [0.29, 0.717) is 36.3 Å². The molecule has 4 aliphatic rings. The maximum absolute atomic E-state index is 12.9. The van der Waals surface area contributed by atoms with E-state index in [2.05, 4.69) is 10.9 Å². The number of nitrogens with one attached hydrogen (secondary N) is 2. The zero-order valence-corrected chi connectivity index (χ0v) is 16.5. The molecule has 4 fully saturated rings. The largest absolute Gasteiger partial charge is 0.419 e. The van der Waals surface area contributed by atoms with E-state index >= 15 is 0 Å². The number of amides is 2. The minimum atomic E-state index is -0.415. The highest BCUT2D eigenvalue weighted by Crippen LogP contribution is 2.60. The Labute approximate surface area is 168 Å². The number of hydrogen-bond acceptors (Lipinski definition) is 4. The van der Waals surface area contributed by atoms with E-state index in [1.807, 2.05) is 18.2 Å². The van der Waals surface area contributed by atoms with Crippen molar-refractivity contribution in [3.63, 3.8) is 0 Å². The molecule has 29 heavy (non-hydrogen) atoms. The van der Waals surface area contributed by atoms with Crippen molar-refractivity contribution in [2.45, 2.75) is 57.9 Å². The molecule has 2 N–H and O–H groups in total. The van der Waals surface area contributed by atoms with Crippen molar-refractivity contribution in [3.05, 3.63) is 34.8 Å². The van der Waals surface area contributed by atoms with E-state index in [1.54, 1.807) is 6.07 Å². The number of hydrogen-bond donors (Lipinski definition) is 2. The summed E-state index contributed by atoms with van der Waals surface area (Å²) in [7, 11) is 0. The van der Waals surface area contributed by atoms with E-state index < -0.39 is 5.76 Å². The third-order valence-corrected chi connectivity index (χ3v) is 7.19. The van der Waals surface area contributed by atoms with E-state index in [0.717, 1.165) is 24.8 Å². The first-order valence-corrected chi connectivity index (χ1v) is 10.7. The predicted molar refractivity (Wildman–Crippen MR) is 107 cm³/mol. The minimum Gasteiger partial charge on any atom is -0.408 e. The van der Waals surface area contributed by atoms with Crippen LogP contribution in [0.2, 0.25) is 0 Å². The van der Waals surface area contributed by atoms with Gasteiger partial charge in [0.05, 0.1) is 10.9 Å². The van der Waals surface area contributed by atoms with Crippen LogP contribution in [0.1, 0.15) is 51.4 Å². The fraction of sp³-hybridized carbons (Fsp3) is 0.591. The molecule has 2 amide bonds. The van der Waals surface area contributed by atoms with Crippen LogP contribution in [0.15, 0.2) is 33.5 Å². The van der Waals surface area contributed by atoms with Gasteiger partial charge in [-0.25, -0.2) is 4.79 Å². The molecule has 6 rings (SSSR count). The number of rotatable bonds is 5. The molecule has 1 heterocycles. The number of oxazole rings is 1. The standard InChI is InChI=1S/C22H27N3O4/c26-19(6-3-7-25-17-4-1-2-5-18(17)29-21(25)28)23-24-20(27)22-11-14-8-15(12-22)10-16(9-14)13-22/h1-2,4-5,14-16H,3,6-13H2,(H,23,26)(H,24,27). The Kier molecular flexibility index (Phi) is 4.48. The van der Waals surface area contributed by atoms with Gasteiger partial charge in [-0.1, -0.05) is 12.1 Å². The van der Waals surface area contributed by atoms with E-state index in [9.17, 15) is 14.4 Å². The monoisotopic (exact) mass is 397 g/mol. The Hall–Kier alpha value is -2.57. The number of aromatic nitrogens is 1. The second-order valence-electron chi connectivity index (χ2n) is 9.29. The Morgan fingerprint density at radius 1 is 1.03 bits per heavy atom. The molecule has 0 aliphatic heterocycles. The van der Waals surface area contributed by atoms with Gasteiger partial charge in [0, 0.05) is 13.0 Å². The number of hydrazine groups is 1. The summed E-state index contributed by atoms with van der Waals surface area (Å²) in [5.74, 6) is 1.40. The molecule has 0 atom stereocenters. The first-order valence-electron chi connectivity index (χ1n) is 10.7. The Bertz CT molecular complexity index is 970. The average Bonchev–Trinajstić information content (AvgIpc) is 3.00. The molecule has 0 spiro atoms. The highest BCUT2D eigenvalue weighted by atomic mass is 16.4. The molecule has 1 aromatic carbocycles. The first-order chi connectivity index (χ1) is 14.0. The van der Waals surface area contributed by atoms with Crippen molar-refractivity contribution in [1.82, 2.24) is 15.4 Å². The number of nitrogens with zero attached hydrogens (tertiary/aromatic N) is 1. The molecule has 7 heteroatoms. The molecule has 0 saturated heterocycles. The van der Waals surface area contributed by atoms with Gasteiger partial charge in [0.25, 0.3) is 0 Å². The zero-order chi connectivity index (χ0) is 20.0. The molecule has 2 aromatic rings. The van der Waals surface area contributed by atoms with E-state index in [1.165, 1.54) is 23.8 Å². The van der Waals surface area contributed by atoms with E-state index in [4.69, 9.17) is 4.42 Å². The third-order valence-electron chi connectivity index (χ3n) is 7.19. The molecule has 154 valence electrons. The second kappa shape index (κ2) is 7.04. The van der Waals surface area contributed by atoms with Crippen LogP contribution in [0.25, 0.3) is 11.1 Å². The second-order valence-corrected chi connectivity index (χ2v) is 9.29. The van der Waals surface area contributed by atoms with Crippen LogP contribution < -0.4 is 16.6 Å². The fourth-order valence-corrected chi connectivity index (χ4v) is 6.33. The number of fused-ring (bicyclic) bond motifs is 1. The first kappa shape index (κ1) is 18.5. The number of benzene rings is 1. The molecule has 0 radical (unpaired) electrons. The summed E-state index contributed by atoms with van der Waals surface area (Å²) in [6.07, 6.45) is 7.46. The lowest BCUT2D eigenvalue weighted by atomic mass is 9.49. The highest BCUT2D eigenvalue weighted by molar-refractivity contribution is 5.86. The van der Waals surface area contributed by atoms with Crippen LogP contribution in [0, 0.1) is 23.2 Å². The van der Waals surface area contributed by atoms with Gasteiger partial charge < -0.3 is 4.42 Å². The average molecular weight is 397 g/mol. The summed E-state index contributed by atoms with van der Waals surface area (Å²) in [5.41, 5.74) is 6.29. The van der Waals surface area contributed by atoms with Crippen LogP contribution in [0.5, 0.6) is 0 Å². The normalized spacial score (nSPS) is 29.9. The molecule has 7 nitrogen and oxygen atoms in total. The van der Waals surface area contributed by atoms with Gasteiger partial charge in [0.15, 0.2) is 5.58 Å². The zero-order valence-electron chi connectivity index (χ0n) is 16.5. The van der Waals surface area contributed by atoms with Gasteiger partial charge in [-0.2, -0.15) is 0 Å². The minimum absolute atomic E-state index is 0.0120. The SMILES string of the molecule is O=C(CCCn1c(=O)oc2ccccc21)NNC(=O)C12CC3CC(CC(C3)C1)C2. The number of para-hydroxylation sites is 2. The van der Waals surface area contributed by atoms with Crippen molar-refractivity contribution in [1.29, 1.82) is 0 Å². The smallest absolute Gasteiger partial charge is 0.408 e. The summed E-state index contributed by atoms with van der Waals surface area (Å²) in [5, 5.41) is 0. The molecule has 1 aromatic heterocycles. The summed E-state index contributed by atoms with van der Waals surface area (Å²) < 4.78 is 6.74. The van der Waals surface area contributed by atoms with Gasteiger partial charge in [-0.15, -0.1) is 0 Å². The third kappa shape index (κ3) is 3.36.